The maximum atomic E-state index is 11.3. The van der Waals surface area contributed by atoms with Gasteiger partial charge in [0.05, 0.1) is 28.8 Å². The molecule has 1 saturated heterocycles. The van der Waals surface area contributed by atoms with E-state index in [1.807, 2.05) is 36.4 Å². The summed E-state index contributed by atoms with van der Waals surface area (Å²) >= 11 is 14.2. The number of rotatable bonds is 12. The Hall–Kier alpha value is -2.03. The van der Waals surface area contributed by atoms with Crippen molar-refractivity contribution in [3.8, 4) is 5.75 Å². The summed E-state index contributed by atoms with van der Waals surface area (Å²) in [5.74, 6) is 1.51. The number of carboxylic acids is 1. The molecule has 2 aromatic carbocycles. The second kappa shape index (κ2) is 13.9. The van der Waals surface area contributed by atoms with Gasteiger partial charge in [0, 0.05) is 41.7 Å². The van der Waals surface area contributed by atoms with Gasteiger partial charge in [-0.1, -0.05) is 29.3 Å². The quantitative estimate of drug-likeness (QED) is 0.225. The van der Waals surface area contributed by atoms with Crippen LogP contribution in [0.3, 0.4) is 0 Å². The third kappa shape index (κ3) is 7.54. The number of pyridine rings is 1. The Kier molecular flexibility index (Phi) is 10.6. The van der Waals surface area contributed by atoms with E-state index in [1.54, 1.807) is 31.1 Å². The number of nitrogens with zero attached hydrogens (tertiary/aromatic N) is 2. The minimum atomic E-state index is -0.760. The first kappa shape index (κ1) is 29.0. The molecule has 204 valence electrons. The van der Waals surface area contributed by atoms with Crippen LogP contribution in [0.25, 0.3) is 10.9 Å². The number of ether oxygens (including phenoxy) is 1. The number of halogens is 2. The highest BCUT2D eigenvalue weighted by atomic mass is 35.5. The maximum Gasteiger partial charge on any atom is 0.303 e. The van der Waals surface area contributed by atoms with Crippen molar-refractivity contribution in [3.05, 3.63) is 64.3 Å². The number of piperidine rings is 1. The number of carboxylic acid groups (broad SMARTS) is 1. The lowest BCUT2D eigenvalue weighted by Gasteiger charge is -2.39. The molecular weight excluding hydrogens is 543 g/mol. The fraction of sp³-hybridized carbons (Fsp3) is 0.448. The van der Waals surface area contributed by atoms with E-state index >= 15 is 0 Å². The van der Waals surface area contributed by atoms with Crippen LogP contribution in [-0.4, -0.2) is 58.6 Å². The third-order valence-corrected chi connectivity index (χ3v) is 9.41. The van der Waals surface area contributed by atoms with Crippen LogP contribution < -0.4 is 4.74 Å². The van der Waals surface area contributed by atoms with Crippen molar-refractivity contribution in [2.24, 2.45) is 11.8 Å². The van der Waals surface area contributed by atoms with E-state index < -0.39 is 12.1 Å². The Labute approximate surface area is 238 Å². The maximum absolute atomic E-state index is 11.3. The topological polar surface area (TPSA) is 82.9 Å². The fourth-order valence-electron chi connectivity index (χ4n) is 5.35. The molecule has 9 heteroatoms. The summed E-state index contributed by atoms with van der Waals surface area (Å²) in [4.78, 5) is 19.2. The SMILES string of the molecule is COc1ccc2nccc([C@@H](O)CCC3CCN(CCSc4cccc(Cl)c4Cl)CC3CCC(=O)O)c2c1. The van der Waals surface area contributed by atoms with Crippen molar-refractivity contribution < 1.29 is 19.7 Å². The van der Waals surface area contributed by atoms with Crippen LogP contribution >= 0.6 is 35.0 Å². The molecule has 2 unspecified atom stereocenters. The van der Waals surface area contributed by atoms with E-state index in [0.717, 1.165) is 65.3 Å². The van der Waals surface area contributed by atoms with Gasteiger partial charge in [0.25, 0.3) is 0 Å². The second-order valence-corrected chi connectivity index (χ2v) is 11.7. The number of aliphatic hydroxyl groups is 1. The van der Waals surface area contributed by atoms with Gasteiger partial charge in [-0.25, -0.2) is 0 Å². The molecule has 0 aliphatic carbocycles. The number of likely N-dealkylation sites (tertiary alicyclic amines) is 1. The van der Waals surface area contributed by atoms with Gasteiger partial charge in [-0.15, -0.1) is 11.8 Å². The van der Waals surface area contributed by atoms with Gasteiger partial charge in [-0.05, 0) is 86.0 Å². The van der Waals surface area contributed by atoms with Gasteiger partial charge in [0.2, 0.25) is 0 Å². The molecule has 0 spiro atoms. The number of benzene rings is 2. The monoisotopic (exact) mass is 576 g/mol. The molecule has 3 atom stereocenters. The van der Waals surface area contributed by atoms with E-state index in [2.05, 4.69) is 9.88 Å². The highest BCUT2D eigenvalue weighted by molar-refractivity contribution is 7.99. The first-order valence-electron chi connectivity index (χ1n) is 13.0. The summed E-state index contributed by atoms with van der Waals surface area (Å²) in [7, 11) is 1.63. The van der Waals surface area contributed by atoms with Crippen LogP contribution in [0.1, 0.15) is 43.8 Å². The van der Waals surface area contributed by atoms with E-state index in [0.29, 0.717) is 28.8 Å². The van der Waals surface area contributed by atoms with E-state index in [1.165, 1.54) is 0 Å². The Bertz CT molecular complexity index is 1240. The van der Waals surface area contributed by atoms with Crippen LogP contribution in [0.4, 0.5) is 0 Å². The number of aliphatic hydroxyl groups excluding tert-OH is 1. The summed E-state index contributed by atoms with van der Waals surface area (Å²) in [6.07, 6.45) is 4.38. The number of carbonyl (C=O) groups is 1. The minimum absolute atomic E-state index is 0.166. The Balaban J connectivity index is 1.36. The number of aliphatic carboxylic acids is 1. The highest BCUT2D eigenvalue weighted by Gasteiger charge is 2.30. The summed E-state index contributed by atoms with van der Waals surface area (Å²) in [5.41, 5.74) is 1.68. The first-order chi connectivity index (χ1) is 18.4. The van der Waals surface area contributed by atoms with Crippen molar-refractivity contribution in [2.45, 2.75) is 43.1 Å². The molecule has 6 nitrogen and oxygen atoms in total. The summed E-state index contributed by atoms with van der Waals surface area (Å²) in [6, 6.07) is 13.2. The zero-order chi connectivity index (χ0) is 27.1. The molecule has 3 aromatic rings. The zero-order valence-corrected chi connectivity index (χ0v) is 23.8. The minimum Gasteiger partial charge on any atom is -0.497 e. The summed E-state index contributed by atoms with van der Waals surface area (Å²) in [5, 5.41) is 22.5. The number of fused-ring (bicyclic) bond motifs is 1. The molecule has 2 heterocycles. The molecule has 1 aliphatic rings. The van der Waals surface area contributed by atoms with Crippen molar-refractivity contribution >= 4 is 51.8 Å². The Morgan fingerprint density at radius 1 is 1.21 bits per heavy atom. The Morgan fingerprint density at radius 3 is 2.84 bits per heavy atom. The van der Waals surface area contributed by atoms with Crippen LogP contribution in [0.15, 0.2) is 53.6 Å². The smallest absolute Gasteiger partial charge is 0.303 e. The van der Waals surface area contributed by atoms with Gasteiger partial charge in [0.1, 0.15) is 5.75 Å². The number of methoxy groups -OCH3 is 1. The molecule has 2 N–H and O–H groups in total. The number of aromatic nitrogens is 1. The second-order valence-electron chi connectivity index (χ2n) is 9.82. The molecular formula is C29H34Cl2N2O4S. The Morgan fingerprint density at radius 2 is 2.05 bits per heavy atom. The van der Waals surface area contributed by atoms with Crippen LogP contribution in [0, 0.1) is 11.8 Å². The summed E-state index contributed by atoms with van der Waals surface area (Å²) in [6.45, 7) is 2.73. The van der Waals surface area contributed by atoms with E-state index in [4.69, 9.17) is 27.9 Å². The van der Waals surface area contributed by atoms with Gasteiger partial charge in [-0.3, -0.25) is 9.78 Å². The molecule has 1 fully saturated rings. The standard InChI is InChI=1S/C29H34Cl2N2O4S/c1-37-21-7-8-25-23(17-21)22(11-13-32-25)26(34)9-5-19-12-14-33(18-20(19)6-10-28(35)36)15-16-38-27-4-2-3-24(30)29(27)31/h2-4,7-8,11,13,17,19-20,26,34H,5-6,9-10,12,14-16,18H2,1H3,(H,35,36)/t19?,20?,26-/m0/s1. The van der Waals surface area contributed by atoms with E-state index in [-0.39, 0.29) is 12.3 Å². The van der Waals surface area contributed by atoms with E-state index in [9.17, 15) is 15.0 Å². The number of thioether (sulfide) groups is 1. The first-order valence-corrected chi connectivity index (χ1v) is 14.7. The van der Waals surface area contributed by atoms with Gasteiger partial charge in [0.15, 0.2) is 0 Å². The van der Waals surface area contributed by atoms with Crippen LogP contribution in [0.2, 0.25) is 10.0 Å². The predicted molar refractivity (Wildman–Crippen MR) is 155 cm³/mol. The molecule has 0 saturated carbocycles. The molecule has 1 aromatic heterocycles. The number of hydrogen-bond donors (Lipinski definition) is 2. The largest absolute Gasteiger partial charge is 0.497 e. The predicted octanol–water partition coefficient (Wildman–Crippen LogP) is 6.96. The van der Waals surface area contributed by atoms with Crippen molar-refractivity contribution in [1.29, 1.82) is 0 Å². The van der Waals surface area contributed by atoms with Gasteiger partial charge < -0.3 is 19.8 Å². The van der Waals surface area contributed by atoms with Gasteiger partial charge in [-0.2, -0.15) is 0 Å². The molecule has 0 amide bonds. The molecule has 0 bridgehead atoms. The average Bonchev–Trinajstić information content (AvgIpc) is 2.92. The van der Waals surface area contributed by atoms with Crippen LogP contribution in [0.5, 0.6) is 5.75 Å². The lowest BCUT2D eigenvalue weighted by atomic mass is 9.79. The molecule has 1 aliphatic heterocycles. The van der Waals surface area contributed by atoms with Crippen LogP contribution in [-0.2, 0) is 4.79 Å². The lowest BCUT2D eigenvalue weighted by molar-refractivity contribution is -0.137. The van der Waals surface area contributed by atoms with Crippen molar-refractivity contribution in [2.75, 3.05) is 32.5 Å². The van der Waals surface area contributed by atoms with Gasteiger partial charge >= 0.3 is 5.97 Å². The normalized spacial score (nSPS) is 18.9. The average molecular weight is 578 g/mol. The fourth-order valence-corrected chi connectivity index (χ4v) is 6.85. The molecule has 0 radical (unpaired) electrons. The third-order valence-electron chi connectivity index (χ3n) is 7.44. The highest BCUT2D eigenvalue weighted by Crippen LogP contribution is 2.36. The number of hydrogen-bond acceptors (Lipinski definition) is 6. The molecule has 38 heavy (non-hydrogen) atoms. The lowest BCUT2D eigenvalue weighted by Crippen LogP contribution is -2.41. The zero-order valence-electron chi connectivity index (χ0n) is 21.5. The molecule has 4 rings (SSSR count). The van der Waals surface area contributed by atoms with Crippen molar-refractivity contribution in [3.63, 3.8) is 0 Å². The van der Waals surface area contributed by atoms with Crippen molar-refractivity contribution in [1.82, 2.24) is 9.88 Å². The summed E-state index contributed by atoms with van der Waals surface area (Å²) < 4.78 is 5.37.